The van der Waals surface area contributed by atoms with E-state index in [-0.39, 0.29) is 0 Å². The van der Waals surface area contributed by atoms with Crippen molar-refractivity contribution in [2.75, 3.05) is 12.8 Å². The molecular formula is C13H21NS. The molecule has 1 aromatic carbocycles. The lowest BCUT2D eigenvalue weighted by atomic mass is 10.2. The van der Waals surface area contributed by atoms with Crippen LogP contribution < -0.4 is 5.32 Å². The molecule has 0 spiro atoms. The lowest BCUT2D eigenvalue weighted by molar-refractivity contribution is 0.559. The molecule has 1 unspecified atom stereocenters. The minimum atomic E-state index is 0.642. The first kappa shape index (κ1) is 12.6. The molecule has 0 saturated carbocycles. The first-order chi connectivity index (χ1) is 7.22. The molecule has 0 fully saturated rings. The Bertz CT molecular complexity index is 268. The molecule has 1 nitrogen and oxygen atoms in total. The second-order valence-electron chi connectivity index (χ2n) is 3.99. The van der Waals surface area contributed by atoms with Crippen molar-refractivity contribution >= 4 is 11.8 Å². The van der Waals surface area contributed by atoms with Crippen LogP contribution in [0.25, 0.3) is 0 Å². The molecule has 1 atom stereocenters. The topological polar surface area (TPSA) is 12.0 Å². The van der Waals surface area contributed by atoms with Crippen LogP contribution >= 0.6 is 11.8 Å². The highest BCUT2D eigenvalue weighted by molar-refractivity contribution is 7.99. The van der Waals surface area contributed by atoms with Gasteiger partial charge in [0.1, 0.15) is 0 Å². The van der Waals surface area contributed by atoms with E-state index >= 15 is 0 Å². The number of benzene rings is 1. The Morgan fingerprint density at radius 1 is 1.27 bits per heavy atom. The molecular weight excluding hydrogens is 202 g/mol. The Labute approximate surface area is 97.7 Å². The number of hydrogen-bond acceptors (Lipinski definition) is 2. The van der Waals surface area contributed by atoms with E-state index in [9.17, 15) is 0 Å². The Morgan fingerprint density at radius 2 is 1.93 bits per heavy atom. The minimum absolute atomic E-state index is 0.642. The highest BCUT2D eigenvalue weighted by Gasteiger charge is 1.98. The SMILES string of the molecule is CNC(C)CCCSc1ccc(C)cc1. The van der Waals surface area contributed by atoms with Gasteiger partial charge in [-0.15, -0.1) is 11.8 Å². The molecule has 15 heavy (non-hydrogen) atoms. The summed E-state index contributed by atoms with van der Waals surface area (Å²) in [6.45, 7) is 4.36. The van der Waals surface area contributed by atoms with Gasteiger partial charge in [-0.2, -0.15) is 0 Å². The largest absolute Gasteiger partial charge is 0.317 e. The number of hydrogen-bond donors (Lipinski definition) is 1. The van der Waals surface area contributed by atoms with Gasteiger partial charge in [0.05, 0.1) is 0 Å². The molecule has 0 saturated heterocycles. The summed E-state index contributed by atoms with van der Waals surface area (Å²) in [5.74, 6) is 1.22. The van der Waals surface area contributed by atoms with Crippen molar-refractivity contribution in [3.63, 3.8) is 0 Å². The smallest absolute Gasteiger partial charge is 0.00721 e. The van der Waals surface area contributed by atoms with Gasteiger partial charge in [-0.05, 0) is 51.6 Å². The maximum absolute atomic E-state index is 3.26. The van der Waals surface area contributed by atoms with Crippen LogP contribution in [0.3, 0.4) is 0 Å². The van der Waals surface area contributed by atoms with Gasteiger partial charge >= 0.3 is 0 Å². The fourth-order valence-corrected chi connectivity index (χ4v) is 2.23. The van der Waals surface area contributed by atoms with Crippen LogP contribution in [-0.4, -0.2) is 18.8 Å². The van der Waals surface area contributed by atoms with E-state index in [4.69, 9.17) is 0 Å². The van der Waals surface area contributed by atoms with E-state index in [1.165, 1.54) is 29.1 Å². The molecule has 2 heteroatoms. The summed E-state index contributed by atoms with van der Waals surface area (Å²) >= 11 is 1.95. The van der Waals surface area contributed by atoms with E-state index in [2.05, 4.69) is 43.4 Å². The second kappa shape index (κ2) is 6.91. The third kappa shape index (κ3) is 5.24. The van der Waals surface area contributed by atoms with Crippen LogP contribution in [0.15, 0.2) is 29.2 Å². The maximum Gasteiger partial charge on any atom is 0.00721 e. The summed E-state index contributed by atoms with van der Waals surface area (Å²) in [5.41, 5.74) is 1.34. The maximum atomic E-state index is 3.26. The first-order valence-corrected chi connectivity index (χ1v) is 6.57. The molecule has 1 N–H and O–H groups in total. The van der Waals surface area contributed by atoms with E-state index < -0.39 is 0 Å². The van der Waals surface area contributed by atoms with Crippen molar-refractivity contribution in [3.8, 4) is 0 Å². The monoisotopic (exact) mass is 223 g/mol. The summed E-state index contributed by atoms with van der Waals surface area (Å²) < 4.78 is 0. The Kier molecular flexibility index (Phi) is 5.81. The molecule has 0 amide bonds. The van der Waals surface area contributed by atoms with Crippen LogP contribution in [0.1, 0.15) is 25.3 Å². The van der Waals surface area contributed by atoms with Crippen molar-refractivity contribution < 1.29 is 0 Å². The summed E-state index contributed by atoms with van der Waals surface area (Å²) in [5, 5.41) is 3.26. The highest BCUT2D eigenvalue weighted by atomic mass is 32.2. The van der Waals surface area contributed by atoms with E-state index in [1.54, 1.807) is 0 Å². The Morgan fingerprint density at radius 3 is 2.53 bits per heavy atom. The molecule has 0 aliphatic heterocycles. The van der Waals surface area contributed by atoms with E-state index in [1.807, 2.05) is 18.8 Å². The fraction of sp³-hybridized carbons (Fsp3) is 0.538. The molecule has 0 aliphatic rings. The van der Waals surface area contributed by atoms with E-state index in [0.29, 0.717) is 6.04 Å². The minimum Gasteiger partial charge on any atom is -0.317 e. The number of thioether (sulfide) groups is 1. The number of aryl methyl sites for hydroxylation is 1. The molecule has 0 aliphatic carbocycles. The van der Waals surface area contributed by atoms with Crippen molar-refractivity contribution in [1.29, 1.82) is 0 Å². The summed E-state index contributed by atoms with van der Waals surface area (Å²) in [6, 6.07) is 9.42. The standard InChI is InChI=1S/C13H21NS/c1-11-6-8-13(9-7-11)15-10-4-5-12(2)14-3/h6-9,12,14H,4-5,10H2,1-3H3. The van der Waals surface area contributed by atoms with Crippen LogP contribution in [-0.2, 0) is 0 Å². The van der Waals surface area contributed by atoms with Crippen LogP contribution in [0.2, 0.25) is 0 Å². The molecule has 0 bridgehead atoms. The third-order valence-corrected chi connectivity index (χ3v) is 3.66. The zero-order valence-corrected chi connectivity index (χ0v) is 10.7. The highest BCUT2D eigenvalue weighted by Crippen LogP contribution is 2.19. The summed E-state index contributed by atoms with van der Waals surface area (Å²) in [4.78, 5) is 1.39. The van der Waals surface area contributed by atoms with Gasteiger partial charge in [0.2, 0.25) is 0 Å². The number of rotatable bonds is 6. The Balaban J connectivity index is 2.17. The molecule has 0 aromatic heterocycles. The van der Waals surface area contributed by atoms with Crippen molar-refractivity contribution in [1.82, 2.24) is 5.32 Å². The van der Waals surface area contributed by atoms with Crippen LogP contribution in [0.5, 0.6) is 0 Å². The van der Waals surface area contributed by atoms with Gasteiger partial charge in [-0.1, -0.05) is 17.7 Å². The second-order valence-corrected chi connectivity index (χ2v) is 5.16. The zero-order chi connectivity index (χ0) is 11.1. The van der Waals surface area contributed by atoms with Crippen molar-refractivity contribution in [2.45, 2.75) is 37.6 Å². The molecule has 84 valence electrons. The molecule has 0 radical (unpaired) electrons. The number of nitrogens with one attached hydrogen (secondary N) is 1. The summed E-state index contributed by atoms with van der Waals surface area (Å²) in [6.07, 6.45) is 2.54. The van der Waals surface area contributed by atoms with Gasteiger partial charge in [0.25, 0.3) is 0 Å². The average Bonchev–Trinajstić information content (AvgIpc) is 2.26. The predicted octanol–water partition coefficient (Wildman–Crippen LogP) is 3.48. The quantitative estimate of drug-likeness (QED) is 0.585. The third-order valence-electron chi connectivity index (χ3n) is 2.56. The summed E-state index contributed by atoms with van der Waals surface area (Å²) in [7, 11) is 2.03. The lowest BCUT2D eigenvalue weighted by Gasteiger charge is -2.09. The van der Waals surface area contributed by atoms with Crippen molar-refractivity contribution in [3.05, 3.63) is 29.8 Å². The van der Waals surface area contributed by atoms with Gasteiger partial charge in [-0.25, -0.2) is 0 Å². The fourth-order valence-electron chi connectivity index (χ4n) is 1.36. The van der Waals surface area contributed by atoms with Crippen LogP contribution in [0.4, 0.5) is 0 Å². The Hall–Kier alpha value is -0.470. The molecule has 1 rings (SSSR count). The van der Waals surface area contributed by atoms with Gasteiger partial charge in [0, 0.05) is 10.9 Å². The predicted molar refractivity (Wildman–Crippen MR) is 69.7 cm³/mol. The van der Waals surface area contributed by atoms with Gasteiger partial charge < -0.3 is 5.32 Å². The first-order valence-electron chi connectivity index (χ1n) is 5.59. The van der Waals surface area contributed by atoms with Gasteiger partial charge in [0.15, 0.2) is 0 Å². The normalized spacial score (nSPS) is 12.7. The zero-order valence-electron chi connectivity index (χ0n) is 9.92. The van der Waals surface area contributed by atoms with E-state index in [0.717, 1.165) is 0 Å². The lowest BCUT2D eigenvalue weighted by Crippen LogP contribution is -2.20. The van der Waals surface area contributed by atoms with Crippen LogP contribution in [0, 0.1) is 6.92 Å². The average molecular weight is 223 g/mol. The molecule has 0 heterocycles. The van der Waals surface area contributed by atoms with Gasteiger partial charge in [-0.3, -0.25) is 0 Å². The molecule has 1 aromatic rings. The van der Waals surface area contributed by atoms with Crippen molar-refractivity contribution in [2.24, 2.45) is 0 Å².